The molecule has 1 aromatic rings. The first kappa shape index (κ1) is 14.5. The van der Waals surface area contributed by atoms with Crippen LogP contribution in [0, 0.1) is 11.7 Å². The van der Waals surface area contributed by atoms with Gasteiger partial charge in [0, 0.05) is 5.69 Å². The predicted molar refractivity (Wildman–Crippen MR) is 77.5 cm³/mol. The third-order valence-corrected chi connectivity index (χ3v) is 4.20. The summed E-state index contributed by atoms with van der Waals surface area (Å²) in [4.78, 5) is 12.1. The van der Waals surface area contributed by atoms with Gasteiger partial charge in [0.2, 0.25) is 5.91 Å². The van der Waals surface area contributed by atoms with E-state index in [-0.39, 0.29) is 17.8 Å². The van der Waals surface area contributed by atoms with Crippen LogP contribution in [0.4, 0.5) is 10.1 Å². The monoisotopic (exact) mass is 328 g/mol. The molecule has 2 atom stereocenters. The molecule has 3 nitrogen and oxygen atoms in total. The number of nitrogens with one attached hydrogen (secondary N) is 2. The zero-order valence-corrected chi connectivity index (χ0v) is 12.5. The third kappa shape index (κ3) is 3.76. The molecule has 0 saturated carbocycles. The molecule has 1 aliphatic rings. The van der Waals surface area contributed by atoms with Crippen molar-refractivity contribution in [3.8, 4) is 0 Å². The van der Waals surface area contributed by atoms with E-state index in [4.69, 9.17) is 0 Å². The molecule has 0 aromatic heterocycles. The summed E-state index contributed by atoms with van der Waals surface area (Å²) in [6.07, 6.45) is 3.10. The van der Waals surface area contributed by atoms with Crippen LogP contribution in [-0.2, 0) is 4.79 Å². The predicted octanol–water partition coefficient (Wildman–Crippen LogP) is 3.30. The van der Waals surface area contributed by atoms with Gasteiger partial charge in [-0.3, -0.25) is 4.79 Å². The highest BCUT2D eigenvalue weighted by atomic mass is 79.9. The number of anilines is 1. The van der Waals surface area contributed by atoms with Gasteiger partial charge in [-0.1, -0.05) is 13.3 Å². The lowest BCUT2D eigenvalue weighted by Crippen LogP contribution is -2.46. The molecule has 1 amide bonds. The quantitative estimate of drug-likeness (QED) is 0.893. The highest BCUT2D eigenvalue weighted by Crippen LogP contribution is 2.22. The van der Waals surface area contributed by atoms with E-state index in [1.807, 2.05) is 0 Å². The number of carbonyl (C=O) groups is 1. The standard InChI is InChI=1S/C14H18BrFN2O/c1-2-9-5-6-17-13(7-9)14(19)18-10-3-4-12(16)11(15)8-10/h3-4,8-9,13,17H,2,5-7H2,1H3,(H,18,19). The van der Waals surface area contributed by atoms with Crippen LogP contribution in [0.3, 0.4) is 0 Å². The Morgan fingerprint density at radius 3 is 3.05 bits per heavy atom. The Bertz CT molecular complexity index is 467. The van der Waals surface area contributed by atoms with Gasteiger partial charge in [-0.05, 0) is 59.4 Å². The van der Waals surface area contributed by atoms with Crippen LogP contribution in [-0.4, -0.2) is 18.5 Å². The van der Waals surface area contributed by atoms with E-state index >= 15 is 0 Å². The molecular weight excluding hydrogens is 311 g/mol. The molecule has 1 aromatic carbocycles. The zero-order chi connectivity index (χ0) is 13.8. The fourth-order valence-electron chi connectivity index (χ4n) is 2.37. The number of rotatable bonds is 3. The van der Waals surface area contributed by atoms with Crippen LogP contribution in [0.15, 0.2) is 22.7 Å². The molecular formula is C14H18BrFN2O. The summed E-state index contributed by atoms with van der Waals surface area (Å²) >= 11 is 3.11. The lowest BCUT2D eigenvalue weighted by atomic mass is 9.90. The first-order valence-corrected chi connectivity index (χ1v) is 7.38. The number of carbonyl (C=O) groups excluding carboxylic acids is 1. The number of benzene rings is 1. The number of hydrogen-bond acceptors (Lipinski definition) is 2. The first-order chi connectivity index (χ1) is 9.10. The summed E-state index contributed by atoms with van der Waals surface area (Å²) in [6.45, 7) is 3.03. The molecule has 1 aliphatic heterocycles. The van der Waals surface area contributed by atoms with Gasteiger partial charge in [0.25, 0.3) is 0 Å². The van der Waals surface area contributed by atoms with Crippen molar-refractivity contribution in [1.29, 1.82) is 0 Å². The minimum Gasteiger partial charge on any atom is -0.325 e. The van der Waals surface area contributed by atoms with Crippen molar-refractivity contribution < 1.29 is 9.18 Å². The lowest BCUT2D eigenvalue weighted by Gasteiger charge is -2.28. The second-order valence-corrected chi connectivity index (χ2v) is 5.78. The summed E-state index contributed by atoms with van der Waals surface area (Å²) in [5, 5.41) is 6.06. The van der Waals surface area contributed by atoms with Gasteiger partial charge < -0.3 is 10.6 Å². The largest absolute Gasteiger partial charge is 0.325 e. The van der Waals surface area contributed by atoms with Crippen molar-refractivity contribution in [3.05, 3.63) is 28.5 Å². The molecule has 1 heterocycles. The van der Waals surface area contributed by atoms with Gasteiger partial charge in [0.1, 0.15) is 5.82 Å². The minimum atomic E-state index is -0.333. The van der Waals surface area contributed by atoms with Crippen molar-refractivity contribution in [2.24, 2.45) is 5.92 Å². The van der Waals surface area contributed by atoms with Crippen LogP contribution in [0.25, 0.3) is 0 Å². The Labute approximate surface area is 121 Å². The average Bonchev–Trinajstić information content (AvgIpc) is 2.43. The summed E-state index contributed by atoms with van der Waals surface area (Å²) in [5.41, 5.74) is 0.610. The fraction of sp³-hybridized carbons (Fsp3) is 0.500. The first-order valence-electron chi connectivity index (χ1n) is 6.59. The maximum Gasteiger partial charge on any atom is 0.241 e. The van der Waals surface area contributed by atoms with Crippen LogP contribution in [0.5, 0.6) is 0 Å². The van der Waals surface area contributed by atoms with E-state index in [0.29, 0.717) is 16.1 Å². The Morgan fingerprint density at radius 1 is 1.58 bits per heavy atom. The van der Waals surface area contributed by atoms with Crippen molar-refractivity contribution >= 4 is 27.5 Å². The van der Waals surface area contributed by atoms with E-state index < -0.39 is 0 Å². The van der Waals surface area contributed by atoms with Crippen LogP contribution in [0.1, 0.15) is 26.2 Å². The summed E-state index contributed by atoms with van der Waals surface area (Å²) in [5.74, 6) is 0.230. The van der Waals surface area contributed by atoms with E-state index in [2.05, 4.69) is 33.5 Å². The summed E-state index contributed by atoms with van der Waals surface area (Å²) in [6, 6.07) is 4.33. The lowest BCUT2D eigenvalue weighted by molar-refractivity contribution is -0.119. The number of piperidine rings is 1. The van der Waals surface area contributed by atoms with Gasteiger partial charge >= 0.3 is 0 Å². The molecule has 1 saturated heterocycles. The minimum absolute atomic E-state index is 0.0448. The molecule has 2 rings (SSSR count). The number of halogens is 2. The molecule has 2 N–H and O–H groups in total. The normalized spacial score (nSPS) is 23.1. The molecule has 5 heteroatoms. The van der Waals surface area contributed by atoms with Crippen molar-refractivity contribution in [3.63, 3.8) is 0 Å². The SMILES string of the molecule is CCC1CCNC(C(=O)Nc2ccc(F)c(Br)c2)C1. The van der Waals surface area contributed by atoms with Crippen molar-refractivity contribution in [2.45, 2.75) is 32.2 Å². The van der Waals surface area contributed by atoms with Crippen LogP contribution < -0.4 is 10.6 Å². The van der Waals surface area contributed by atoms with Crippen molar-refractivity contribution in [2.75, 3.05) is 11.9 Å². The van der Waals surface area contributed by atoms with E-state index in [1.165, 1.54) is 6.07 Å². The topological polar surface area (TPSA) is 41.1 Å². The van der Waals surface area contributed by atoms with Gasteiger partial charge in [-0.25, -0.2) is 4.39 Å². The Hall–Kier alpha value is -0.940. The average molecular weight is 329 g/mol. The van der Waals surface area contributed by atoms with Crippen LogP contribution in [0.2, 0.25) is 0 Å². The Balaban J connectivity index is 1.98. The number of amides is 1. The molecule has 0 radical (unpaired) electrons. The third-order valence-electron chi connectivity index (χ3n) is 3.59. The van der Waals surface area contributed by atoms with E-state index in [0.717, 1.165) is 25.8 Å². The molecule has 0 bridgehead atoms. The molecule has 1 fully saturated rings. The van der Waals surface area contributed by atoms with Gasteiger partial charge in [0.15, 0.2) is 0 Å². The van der Waals surface area contributed by atoms with Crippen LogP contribution >= 0.6 is 15.9 Å². The van der Waals surface area contributed by atoms with E-state index in [1.54, 1.807) is 12.1 Å². The van der Waals surface area contributed by atoms with Gasteiger partial charge in [0.05, 0.1) is 10.5 Å². The fourth-order valence-corrected chi connectivity index (χ4v) is 2.75. The smallest absolute Gasteiger partial charge is 0.241 e. The van der Waals surface area contributed by atoms with E-state index in [9.17, 15) is 9.18 Å². The number of hydrogen-bond donors (Lipinski definition) is 2. The summed E-state index contributed by atoms with van der Waals surface area (Å²) in [7, 11) is 0. The Kier molecular flexibility index (Phi) is 4.93. The maximum absolute atomic E-state index is 13.1. The molecule has 2 unspecified atom stereocenters. The summed E-state index contributed by atoms with van der Waals surface area (Å²) < 4.78 is 13.5. The maximum atomic E-state index is 13.1. The van der Waals surface area contributed by atoms with Gasteiger partial charge in [-0.15, -0.1) is 0 Å². The highest BCUT2D eigenvalue weighted by Gasteiger charge is 2.25. The van der Waals surface area contributed by atoms with Gasteiger partial charge in [-0.2, -0.15) is 0 Å². The molecule has 0 aliphatic carbocycles. The highest BCUT2D eigenvalue weighted by molar-refractivity contribution is 9.10. The second-order valence-electron chi connectivity index (χ2n) is 4.92. The van der Waals surface area contributed by atoms with Crippen molar-refractivity contribution in [1.82, 2.24) is 5.32 Å². The molecule has 0 spiro atoms. The Morgan fingerprint density at radius 2 is 2.37 bits per heavy atom. The molecule has 104 valence electrons. The molecule has 19 heavy (non-hydrogen) atoms. The zero-order valence-electron chi connectivity index (χ0n) is 10.9. The second kappa shape index (κ2) is 6.48.